The van der Waals surface area contributed by atoms with E-state index in [1.54, 1.807) is 28.4 Å². The number of ether oxygens (including phenoxy) is 8. The van der Waals surface area contributed by atoms with Crippen LogP contribution in [0.5, 0.6) is 34.5 Å². The maximum Gasteiger partial charge on any atom is 0.203 e. The molecular weight excluding hydrogens is 488 g/mol. The first kappa shape index (κ1) is 29.5. The third-order valence-corrected chi connectivity index (χ3v) is 6.16. The molecule has 0 saturated carbocycles. The van der Waals surface area contributed by atoms with E-state index in [1.807, 2.05) is 36.4 Å². The van der Waals surface area contributed by atoms with Gasteiger partial charge in [-0.3, -0.25) is 0 Å². The Hall–Kier alpha value is -3.10. The van der Waals surface area contributed by atoms with Crippen LogP contribution in [0.3, 0.4) is 0 Å². The molecule has 2 atom stereocenters. The van der Waals surface area contributed by atoms with Crippen LogP contribution in [0, 0.1) is 0 Å². The van der Waals surface area contributed by atoms with Gasteiger partial charge < -0.3 is 37.9 Å². The zero-order valence-corrected chi connectivity index (χ0v) is 23.5. The molecule has 0 N–H and O–H groups in total. The van der Waals surface area contributed by atoms with Crippen molar-refractivity contribution in [3.8, 4) is 34.5 Å². The monoisotopic (exact) mass is 530 g/mol. The smallest absolute Gasteiger partial charge is 0.203 e. The molecule has 8 nitrogen and oxygen atoms in total. The first-order valence-electron chi connectivity index (χ1n) is 13.3. The lowest BCUT2D eigenvalue weighted by Crippen LogP contribution is -2.12. The second-order valence-corrected chi connectivity index (χ2v) is 8.94. The Balaban J connectivity index is 1.73. The van der Waals surface area contributed by atoms with E-state index in [0.29, 0.717) is 60.9 Å². The van der Waals surface area contributed by atoms with Gasteiger partial charge in [-0.15, -0.1) is 0 Å². The number of methoxy groups -OCH3 is 4. The van der Waals surface area contributed by atoms with Gasteiger partial charge in [0.1, 0.15) is 12.2 Å². The summed E-state index contributed by atoms with van der Waals surface area (Å²) >= 11 is 0. The maximum absolute atomic E-state index is 6.26. The van der Waals surface area contributed by atoms with Crippen molar-refractivity contribution in [3.63, 3.8) is 0 Å². The Morgan fingerprint density at radius 1 is 0.789 bits per heavy atom. The topological polar surface area (TPSA) is 77.1 Å². The summed E-state index contributed by atoms with van der Waals surface area (Å²) in [5.74, 6) is 3.71. The SMILES string of the molecule is CCCCOc1c(OC)cc(/C=C/CO[C@H](c2cc(OC)c(OCCCC)c(OC)c2)[C@H]2CO2)cc1OC. The second kappa shape index (κ2) is 15.3. The molecule has 0 unspecified atom stereocenters. The van der Waals surface area contributed by atoms with Crippen LogP contribution in [0.25, 0.3) is 6.08 Å². The lowest BCUT2D eigenvalue weighted by atomic mass is 10.1. The number of hydrogen-bond donors (Lipinski definition) is 0. The number of epoxide rings is 1. The van der Waals surface area contributed by atoms with Gasteiger partial charge in [0.15, 0.2) is 23.0 Å². The van der Waals surface area contributed by atoms with Gasteiger partial charge in [0.2, 0.25) is 11.5 Å². The van der Waals surface area contributed by atoms with Crippen molar-refractivity contribution in [2.24, 2.45) is 0 Å². The lowest BCUT2D eigenvalue weighted by Gasteiger charge is -2.20. The molecule has 0 amide bonds. The minimum atomic E-state index is -0.273. The molecule has 0 aliphatic carbocycles. The molecule has 38 heavy (non-hydrogen) atoms. The van der Waals surface area contributed by atoms with E-state index in [-0.39, 0.29) is 12.2 Å². The lowest BCUT2D eigenvalue weighted by molar-refractivity contribution is 0.0508. The molecule has 0 aromatic heterocycles. The summed E-state index contributed by atoms with van der Waals surface area (Å²) in [6, 6.07) is 7.73. The first-order valence-corrected chi connectivity index (χ1v) is 13.3. The van der Waals surface area contributed by atoms with Crippen LogP contribution < -0.4 is 28.4 Å². The summed E-state index contributed by atoms with van der Waals surface area (Å²) in [7, 11) is 6.50. The van der Waals surface area contributed by atoms with Crippen molar-refractivity contribution in [3.05, 3.63) is 41.5 Å². The summed E-state index contributed by atoms with van der Waals surface area (Å²) in [4.78, 5) is 0. The average molecular weight is 531 g/mol. The summed E-state index contributed by atoms with van der Waals surface area (Å²) < 4.78 is 46.1. The van der Waals surface area contributed by atoms with E-state index in [9.17, 15) is 0 Å². The molecule has 1 aliphatic rings. The fourth-order valence-corrected chi connectivity index (χ4v) is 3.97. The molecule has 1 fully saturated rings. The van der Waals surface area contributed by atoms with Crippen LogP contribution >= 0.6 is 0 Å². The van der Waals surface area contributed by atoms with Crippen molar-refractivity contribution in [2.45, 2.75) is 51.7 Å². The van der Waals surface area contributed by atoms with E-state index >= 15 is 0 Å². The van der Waals surface area contributed by atoms with E-state index in [4.69, 9.17) is 37.9 Å². The van der Waals surface area contributed by atoms with Gasteiger partial charge in [-0.05, 0) is 48.2 Å². The highest BCUT2D eigenvalue weighted by atomic mass is 16.6. The largest absolute Gasteiger partial charge is 0.493 e. The summed E-state index contributed by atoms with van der Waals surface area (Å²) in [5.41, 5.74) is 1.83. The number of rotatable bonds is 18. The Bertz CT molecular complexity index is 981. The number of benzene rings is 2. The van der Waals surface area contributed by atoms with Gasteiger partial charge in [0.05, 0.1) is 54.9 Å². The van der Waals surface area contributed by atoms with E-state index < -0.39 is 0 Å². The normalized spacial score (nSPS) is 15.3. The molecule has 8 heteroatoms. The van der Waals surface area contributed by atoms with E-state index in [2.05, 4.69) is 13.8 Å². The Morgan fingerprint density at radius 2 is 1.26 bits per heavy atom. The Morgan fingerprint density at radius 3 is 1.68 bits per heavy atom. The van der Waals surface area contributed by atoms with Crippen LogP contribution in [-0.2, 0) is 9.47 Å². The minimum Gasteiger partial charge on any atom is -0.493 e. The highest BCUT2D eigenvalue weighted by Crippen LogP contribution is 2.43. The zero-order valence-electron chi connectivity index (χ0n) is 23.5. The number of hydrogen-bond acceptors (Lipinski definition) is 8. The van der Waals surface area contributed by atoms with Gasteiger partial charge in [0.25, 0.3) is 0 Å². The maximum atomic E-state index is 6.26. The Kier molecular flexibility index (Phi) is 11.9. The van der Waals surface area contributed by atoms with Crippen LogP contribution in [0.2, 0.25) is 0 Å². The number of unbranched alkanes of at least 4 members (excludes halogenated alkanes) is 2. The van der Waals surface area contributed by atoms with E-state index in [0.717, 1.165) is 36.8 Å². The molecule has 0 bridgehead atoms. The fraction of sp³-hybridized carbons (Fsp3) is 0.533. The molecule has 0 radical (unpaired) electrons. The molecular formula is C30H42O8. The molecule has 1 aliphatic heterocycles. The molecule has 2 aromatic carbocycles. The highest BCUT2D eigenvalue weighted by molar-refractivity contribution is 5.62. The molecule has 0 spiro atoms. The van der Waals surface area contributed by atoms with Crippen molar-refractivity contribution >= 4 is 6.08 Å². The molecule has 1 heterocycles. The van der Waals surface area contributed by atoms with Crippen molar-refractivity contribution in [1.29, 1.82) is 0 Å². The van der Waals surface area contributed by atoms with Crippen LogP contribution in [0.4, 0.5) is 0 Å². The first-order chi connectivity index (χ1) is 18.6. The highest BCUT2D eigenvalue weighted by Gasteiger charge is 2.36. The summed E-state index contributed by atoms with van der Waals surface area (Å²) in [6.45, 7) is 6.47. The second-order valence-electron chi connectivity index (χ2n) is 8.94. The fourth-order valence-electron chi connectivity index (χ4n) is 3.97. The van der Waals surface area contributed by atoms with Crippen LogP contribution in [-0.4, -0.2) is 61.0 Å². The zero-order chi connectivity index (χ0) is 27.3. The van der Waals surface area contributed by atoms with Gasteiger partial charge >= 0.3 is 0 Å². The standard InChI is InChI=1S/C30H42O8/c1-7-9-13-36-29-23(31-3)16-21(17-24(29)32-4)12-11-15-35-28(27-20-38-27)22-18-25(33-5)30(26(19-22)34-6)37-14-10-8-2/h11-12,16-19,27-28H,7-10,13-15,20H2,1-6H3/b12-11+/t27-,28-/m1/s1. The molecule has 2 aromatic rings. The molecule has 3 rings (SSSR count). The molecule has 210 valence electrons. The quantitative estimate of drug-likeness (QED) is 0.165. The minimum absolute atomic E-state index is 0.0237. The third-order valence-electron chi connectivity index (χ3n) is 6.16. The summed E-state index contributed by atoms with van der Waals surface area (Å²) in [5, 5.41) is 0. The van der Waals surface area contributed by atoms with Crippen molar-refractivity contribution in [1.82, 2.24) is 0 Å². The predicted molar refractivity (Wildman–Crippen MR) is 147 cm³/mol. The molecule has 1 saturated heterocycles. The van der Waals surface area contributed by atoms with Gasteiger partial charge in [-0.1, -0.05) is 38.8 Å². The van der Waals surface area contributed by atoms with Gasteiger partial charge in [0, 0.05) is 0 Å². The summed E-state index contributed by atoms with van der Waals surface area (Å²) in [6.07, 6.45) is 7.64. The van der Waals surface area contributed by atoms with Crippen molar-refractivity contribution < 1.29 is 37.9 Å². The van der Waals surface area contributed by atoms with Gasteiger partial charge in [-0.2, -0.15) is 0 Å². The van der Waals surface area contributed by atoms with Crippen LogP contribution in [0.1, 0.15) is 56.8 Å². The predicted octanol–water partition coefficient (Wildman–Crippen LogP) is 6.25. The Labute approximate surface area is 226 Å². The van der Waals surface area contributed by atoms with Crippen molar-refractivity contribution in [2.75, 3.05) is 54.9 Å². The van der Waals surface area contributed by atoms with E-state index in [1.165, 1.54) is 0 Å². The van der Waals surface area contributed by atoms with Gasteiger partial charge in [-0.25, -0.2) is 0 Å². The third kappa shape index (κ3) is 7.95. The van der Waals surface area contributed by atoms with Crippen LogP contribution in [0.15, 0.2) is 30.3 Å². The average Bonchev–Trinajstić information content (AvgIpc) is 3.78.